The van der Waals surface area contributed by atoms with E-state index in [1.807, 2.05) is 30.3 Å². The standard InChI is InChI=1S/C22H27ClN4O3/c1-29-19-8-7-17(21(13-19)30-2)14-24-25-22(28)16-27-11-9-26(10-12-27)15-18-5-3-4-6-20(18)23/h3-8,13-14H,9-12,15-16H2,1-2H3,(H,25,28). The van der Waals surface area contributed by atoms with E-state index in [4.69, 9.17) is 21.1 Å². The molecule has 0 aromatic heterocycles. The van der Waals surface area contributed by atoms with Crippen LogP contribution in [0.2, 0.25) is 5.02 Å². The number of ether oxygens (including phenoxy) is 2. The highest BCUT2D eigenvalue weighted by atomic mass is 35.5. The number of rotatable bonds is 8. The lowest BCUT2D eigenvalue weighted by Crippen LogP contribution is -2.48. The minimum atomic E-state index is -0.140. The number of nitrogens with one attached hydrogen (secondary N) is 1. The molecule has 30 heavy (non-hydrogen) atoms. The third kappa shape index (κ3) is 6.19. The zero-order chi connectivity index (χ0) is 21.3. The van der Waals surface area contributed by atoms with E-state index in [2.05, 4.69) is 26.4 Å². The van der Waals surface area contributed by atoms with Gasteiger partial charge in [-0.3, -0.25) is 14.6 Å². The Kier molecular flexibility index (Phi) is 8.07. The lowest BCUT2D eigenvalue weighted by Gasteiger charge is -2.34. The number of amides is 1. The summed E-state index contributed by atoms with van der Waals surface area (Å²) in [6.45, 7) is 4.59. The Morgan fingerprint density at radius 3 is 2.53 bits per heavy atom. The highest BCUT2D eigenvalue weighted by molar-refractivity contribution is 6.31. The van der Waals surface area contributed by atoms with Gasteiger partial charge in [0.2, 0.25) is 0 Å². The van der Waals surface area contributed by atoms with E-state index in [-0.39, 0.29) is 5.91 Å². The summed E-state index contributed by atoms with van der Waals surface area (Å²) in [4.78, 5) is 16.7. The fraction of sp³-hybridized carbons (Fsp3) is 0.364. The molecule has 1 fully saturated rings. The minimum Gasteiger partial charge on any atom is -0.497 e. The Labute approximate surface area is 182 Å². The van der Waals surface area contributed by atoms with E-state index in [9.17, 15) is 4.79 Å². The van der Waals surface area contributed by atoms with Crippen LogP contribution >= 0.6 is 11.6 Å². The second-order valence-corrected chi connectivity index (χ2v) is 7.45. The van der Waals surface area contributed by atoms with Crippen LogP contribution < -0.4 is 14.9 Å². The Balaban J connectivity index is 1.43. The molecule has 1 heterocycles. The summed E-state index contributed by atoms with van der Waals surface area (Å²) in [5.74, 6) is 1.18. The van der Waals surface area contributed by atoms with Crippen molar-refractivity contribution in [3.8, 4) is 11.5 Å². The van der Waals surface area contributed by atoms with Gasteiger partial charge in [-0.05, 0) is 23.8 Å². The van der Waals surface area contributed by atoms with E-state index >= 15 is 0 Å². The molecule has 1 N–H and O–H groups in total. The largest absolute Gasteiger partial charge is 0.497 e. The molecule has 1 aliphatic heterocycles. The van der Waals surface area contributed by atoms with Crippen LogP contribution in [-0.4, -0.2) is 68.9 Å². The SMILES string of the molecule is COc1ccc(C=NNC(=O)CN2CCN(Cc3ccccc3Cl)CC2)c(OC)c1. The van der Waals surface area contributed by atoms with Crippen LogP contribution in [-0.2, 0) is 11.3 Å². The summed E-state index contributed by atoms with van der Waals surface area (Å²) in [5, 5.41) is 4.85. The molecule has 0 atom stereocenters. The van der Waals surface area contributed by atoms with Crippen LogP contribution in [0.5, 0.6) is 11.5 Å². The van der Waals surface area contributed by atoms with Gasteiger partial charge in [-0.2, -0.15) is 5.10 Å². The lowest BCUT2D eigenvalue weighted by molar-refractivity contribution is -0.122. The third-order valence-electron chi connectivity index (χ3n) is 5.02. The van der Waals surface area contributed by atoms with Crippen LogP contribution in [0.1, 0.15) is 11.1 Å². The van der Waals surface area contributed by atoms with Crippen molar-refractivity contribution in [3.63, 3.8) is 0 Å². The van der Waals surface area contributed by atoms with Crippen LogP contribution in [0.4, 0.5) is 0 Å². The van der Waals surface area contributed by atoms with Gasteiger partial charge < -0.3 is 9.47 Å². The van der Waals surface area contributed by atoms with Crippen LogP contribution in [0.15, 0.2) is 47.6 Å². The van der Waals surface area contributed by atoms with Crippen molar-refractivity contribution in [1.82, 2.24) is 15.2 Å². The third-order valence-corrected chi connectivity index (χ3v) is 5.39. The molecule has 0 unspecified atom stereocenters. The predicted molar refractivity (Wildman–Crippen MR) is 118 cm³/mol. The number of halogens is 1. The van der Waals surface area contributed by atoms with E-state index < -0.39 is 0 Å². The molecule has 2 aromatic rings. The van der Waals surface area contributed by atoms with E-state index in [1.54, 1.807) is 26.5 Å². The number of hydrazone groups is 1. The molecule has 0 radical (unpaired) electrons. The maximum atomic E-state index is 12.2. The fourth-order valence-electron chi connectivity index (χ4n) is 3.31. The maximum Gasteiger partial charge on any atom is 0.254 e. The highest BCUT2D eigenvalue weighted by Gasteiger charge is 2.19. The summed E-state index contributed by atoms with van der Waals surface area (Å²) >= 11 is 6.25. The van der Waals surface area contributed by atoms with Crippen molar-refractivity contribution in [3.05, 3.63) is 58.6 Å². The first-order valence-corrected chi connectivity index (χ1v) is 10.2. The predicted octanol–water partition coefficient (Wildman–Crippen LogP) is 2.63. The highest BCUT2D eigenvalue weighted by Crippen LogP contribution is 2.23. The second kappa shape index (κ2) is 11.0. The summed E-state index contributed by atoms with van der Waals surface area (Å²) < 4.78 is 10.5. The van der Waals surface area contributed by atoms with Gasteiger partial charge in [-0.1, -0.05) is 29.8 Å². The van der Waals surface area contributed by atoms with Gasteiger partial charge in [0.1, 0.15) is 11.5 Å². The smallest absolute Gasteiger partial charge is 0.254 e. The Morgan fingerprint density at radius 2 is 1.83 bits per heavy atom. The maximum absolute atomic E-state index is 12.2. The number of methoxy groups -OCH3 is 2. The monoisotopic (exact) mass is 430 g/mol. The topological polar surface area (TPSA) is 66.4 Å². The normalized spacial score (nSPS) is 15.3. The molecule has 7 nitrogen and oxygen atoms in total. The van der Waals surface area contributed by atoms with Crippen LogP contribution in [0, 0.1) is 0 Å². The molecule has 0 saturated carbocycles. The summed E-state index contributed by atoms with van der Waals surface area (Å²) in [6, 6.07) is 13.3. The van der Waals surface area contributed by atoms with E-state index in [0.717, 1.165) is 48.9 Å². The first kappa shape index (κ1) is 22.1. The molecule has 1 saturated heterocycles. The molecule has 1 amide bonds. The number of carbonyl (C=O) groups is 1. The van der Waals surface area contributed by atoms with Gasteiger partial charge in [0, 0.05) is 49.4 Å². The van der Waals surface area contributed by atoms with Gasteiger partial charge >= 0.3 is 0 Å². The number of hydrogen-bond acceptors (Lipinski definition) is 6. The zero-order valence-electron chi connectivity index (χ0n) is 17.3. The molecular formula is C22H27ClN4O3. The molecule has 0 aliphatic carbocycles. The number of benzene rings is 2. The fourth-order valence-corrected chi connectivity index (χ4v) is 3.51. The van der Waals surface area contributed by atoms with Crippen LogP contribution in [0.3, 0.4) is 0 Å². The van der Waals surface area contributed by atoms with E-state index in [1.165, 1.54) is 0 Å². The molecule has 8 heteroatoms. The van der Waals surface area contributed by atoms with Gasteiger partial charge in [-0.15, -0.1) is 0 Å². The first-order valence-electron chi connectivity index (χ1n) is 9.81. The molecule has 3 rings (SSSR count). The molecule has 2 aromatic carbocycles. The van der Waals surface area contributed by atoms with E-state index in [0.29, 0.717) is 18.0 Å². The molecule has 0 spiro atoms. The van der Waals surface area contributed by atoms with Crippen molar-refractivity contribution >= 4 is 23.7 Å². The molecule has 1 aliphatic rings. The second-order valence-electron chi connectivity index (χ2n) is 7.04. The van der Waals surface area contributed by atoms with Crippen molar-refractivity contribution in [1.29, 1.82) is 0 Å². The number of hydrogen-bond donors (Lipinski definition) is 1. The van der Waals surface area contributed by atoms with Crippen molar-refractivity contribution in [2.24, 2.45) is 5.10 Å². The summed E-state index contributed by atoms with van der Waals surface area (Å²) in [7, 11) is 3.18. The van der Waals surface area contributed by atoms with Gasteiger partial charge in [-0.25, -0.2) is 5.43 Å². The Hall–Kier alpha value is -2.61. The molecular weight excluding hydrogens is 404 g/mol. The lowest BCUT2D eigenvalue weighted by atomic mass is 10.2. The average molecular weight is 431 g/mol. The van der Waals surface area contributed by atoms with Gasteiger partial charge in [0.15, 0.2) is 0 Å². The molecule has 0 bridgehead atoms. The number of piperazine rings is 1. The Morgan fingerprint density at radius 1 is 1.10 bits per heavy atom. The number of nitrogens with zero attached hydrogens (tertiary/aromatic N) is 3. The van der Waals surface area contributed by atoms with Crippen LogP contribution in [0.25, 0.3) is 0 Å². The minimum absolute atomic E-state index is 0.140. The summed E-state index contributed by atoms with van der Waals surface area (Å²) in [6.07, 6.45) is 1.57. The molecule has 160 valence electrons. The zero-order valence-corrected chi connectivity index (χ0v) is 18.1. The van der Waals surface area contributed by atoms with Crippen molar-refractivity contribution < 1.29 is 14.3 Å². The van der Waals surface area contributed by atoms with Gasteiger partial charge in [0.05, 0.1) is 27.0 Å². The summed E-state index contributed by atoms with van der Waals surface area (Å²) in [5.41, 5.74) is 4.48. The van der Waals surface area contributed by atoms with Crippen molar-refractivity contribution in [2.45, 2.75) is 6.54 Å². The average Bonchev–Trinajstić information content (AvgIpc) is 2.77. The van der Waals surface area contributed by atoms with Gasteiger partial charge in [0.25, 0.3) is 5.91 Å². The number of carbonyl (C=O) groups excluding carboxylic acids is 1. The Bertz CT molecular complexity index is 882. The van der Waals surface area contributed by atoms with Crippen molar-refractivity contribution in [2.75, 3.05) is 46.9 Å². The first-order chi connectivity index (χ1) is 14.6. The quantitative estimate of drug-likeness (QED) is 0.515.